The van der Waals surface area contributed by atoms with Crippen LogP contribution in [0.3, 0.4) is 0 Å². The van der Waals surface area contributed by atoms with E-state index in [9.17, 15) is 0 Å². The van der Waals surface area contributed by atoms with Crippen LogP contribution in [0.25, 0.3) is 11.3 Å². The van der Waals surface area contributed by atoms with Crippen LogP contribution in [0.4, 0.5) is 5.82 Å². The van der Waals surface area contributed by atoms with Gasteiger partial charge in [-0.25, -0.2) is 4.98 Å². The normalized spacial score (nSPS) is 10.1. The zero-order valence-electron chi connectivity index (χ0n) is 8.64. The Hall–Kier alpha value is -1.81. The molecule has 0 fully saturated rings. The fraction of sp³-hybridized carbons (Fsp3) is 0.0909. The number of nitrogen functional groups attached to an aromatic ring is 1. The molecule has 1 aromatic carbocycles. The molecule has 0 spiro atoms. The van der Waals surface area contributed by atoms with E-state index in [1.54, 1.807) is 19.4 Å². The maximum absolute atomic E-state index is 5.93. The molecule has 2 aromatic rings. The number of nitrogens with two attached hydrogens (primary N) is 1. The molecule has 0 saturated heterocycles. The highest BCUT2D eigenvalue weighted by atomic mass is 35.5. The Morgan fingerprint density at radius 3 is 2.69 bits per heavy atom. The van der Waals surface area contributed by atoms with Gasteiger partial charge in [-0.2, -0.15) is 0 Å². The van der Waals surface area contributed by atoms with Crippen LogP contribution >= 0.6 is 11.6 Å². The number of hydrogen-bond donors (Lipinski definition) is 1. The molecule has 0 aliphatic carbocycles. The molecule has 1 heterocycles. The lowest BCUT2D eigenvalue weighted by molar-refractivity contribution is 0.415. The zero-order valence-corrected chi connectivity index (χ0v) is 9.40. The van der Waals surface area contributed by atoms with E-state index in [0.29, 0.717) is 16.6 Å². The topological polar surface area (TPSA) is 61.0 Å². The molecule has 0 unspecified atom stereocenters. The third kappa shape index (κ3) is 2.06. The van der Waals surface area contributed by atoms with Crippen molar-refractivity contribution in [3.05, 3.63) is 35.6 Å². The van der Waals surface area contributed by atoms with E-state index in [1.165, 1.54) is 6.20 Å². The van der Waals surface area contributed by atoms with E-state index in [0.717, 1.165) is 11.3 Å². The average Bonchev–Trinajstić information content (AvgIpc) is 2.31. The molecule has 0 amide bonds. The average molecular weight is 236 g/mol. The first-order valence-electron chi connectivity index (χ1n) is 4.62. The van der Waals surface area contributed by atoms with E-state index < -0.39 is 0 Å². The third-order valence-electron chi connectivity index (χ3n) is 2.12. The quantitative estimate of drug-likeness (QED) is 0.868. The number of nitrogens with zero attached hydrogens (tertiary/aromatic N) is 2. The van der Waals surface area contributed by atoms with E-state index in [-0.39, 0.29) is 0 Å². The molecular weight excluding hydrogens is 226 g/mol. The minimum atomic E-state index is 0.393. The number of aromatic nitrogens is 2. The van der Waals surface area contributed by atoms with Gasteiger partial charge in [-0.3, -0.25) is 4.98 Å². The lowest BCUT2D eigenvalue weighted by Gasteiger charge is -2.05. The van der Waals surface area contributed by atoms with Gasteiger partial charge in [0.1, 0.15) is 11.6 Å². The first-order valence-corrected chi connectivity index (χ1v) is 5.00. The van der Waals surface area contributed by atoms with Crippen molar-refractivity contribution in [3.8, 4) is 17.0 Å². The highest BCUT2D eigenvalue weighted by Crippen LogP contribution is 2.29. The lowest BCUT2D eigenvalue weighted by Crippen LogP contribution is -1.93. The largest absolute Gasteiger partial charge is 0.495 e. The maximum Gasteiger partial charge on any atom is 0.141 e. The molecule has 0 aliphatic rings. The number of hydrogen-bond acceptors (Lipinski definition) is 4. The molecule has 0 atom stereocenters. The number of benzene rings is 1. The van der Waals surface area contributed by atoms with E-state index in [1.807, 2.05) is 12.1 Å². The predicted octanol–water partition coefficient (Wildman–Crippen LogP) is 2.39. The SMILES string of the molecule is COc1cc(-c2cnc(N)cn2)ccc1Cl. The van der Waals surface area contributed by atoms with Gasteiger partial charge in [-0.15, -0.1) is 0 Å². The lowest BCUT2D eigenvalue weighted by atomic mass is 10.1. The van der Waals surface area contributed by atoms with Gasteiger partial charge in [0.15, 0.2) is 0 Å². The van der Waals surface area contributed by atoms with Gasteiger partial charge in [0.05, 0.1) is 30.2 Å². The Labute approximate surface area is 98.0 Å². The van der Waals surface area contributed by atoms with Crippen LogP contribution in [0.5, 0.6) is 5.75 Å². The summed E-state index contributed by atoms with van der Waals surface area (Å²) in [5.41, 5.74) is 7.07. The van der Waals surface area contributed by atoms with Gasteiger partial charge >= 0.3 is 0 Å². The van der Waals surface area contributed by atoms with Crippen molar-refractivity contribution in [2.24, 2.45) is 0 Å². The number of anilines is 1. The fourth-order valence-corrected chi connectivity index (χ4v) is 1.50. The highest BCUT2D eigenvalue weighted by Gasteiger charge is 2.05. The molecule has 5 heteroatoms. The van der Waals surface area contributed by atoms with E-state index >= 15 is 0 Å². The Balaban J connectivity index is 2.44. The second-order valence-corrected chi connectivity index (χ2v) is 3.58. The molecule has 82 valence electrons. The van der Waals surface area contributed by atoms with E-state index in [4.69, 9.17) is 22.1 Å². The molecule has 4 nitrogen and oxygen atoms in total. The first-order chi connectivity index (χ1) is 7.70. The van der Waals surface area contributed by atoms with Crippen LogP contribution in [0.2, 0.25) is 5.02 Å². The summed E-state index contributed by atoms with van der Waals surface area (Å²) < 4.78 is 5.13. The van der Waals surface area contributed by atoms with Gasteiger partial charge in [0.25, 0.3) is 0 Å². The minimum absolute atomic E-state index is 0.393. The molecule has 16 heavy (non-hydrogen) atoms. The molecule has 0 aliphatic heterocycles. The molecule has 2 rings (SSSR count). The van der Waals surface area contributed by atoms with E-state index in [2.05, 4.69) is 9.97 Å². The van der Waals surface area contributed by atoms with Crippen LogP contribution in [0.1, 0.15) is 0 Å². The third-order valence-corrected chi connectivity index (χ3v) is 2.43. The maximum atomic E-state index is 5.93. The van der Waals surface area contributed by atoms with Crippen molar-refractivity contribution in [1.82, 2.24) is 9.97 Å². The van der Waals surface area contributed by atoms with Crippen molar-refractivity contribution in [2.75, 3.05) is 12.8 Å². The highest BCUT2D eigenvalue weighted by molar-refractivity contribution is 6.32. The van der Waals surface area contributed by atoms with Crippen molar-refractivity contribution in [2.45, 2.75) is 0 Å². The van der Waals surface area contributed by atoms with Gasteiger partial charge in [0, 0.05) is 5.56 Å². The Kier molecular flexibility index (Phi) is 2.92. The van der Waals surface area contributed by atoms with Crippen molar-refractivity contribution in [1.29, 1.82) is 0 Å². The van der Waals surface area contributed by atoms with Crippen molar-refractivity contribution in [3.63, 3.8) is 0 Å². The summed E-state index contributed by atoms with van der Waals surface area (Å²) in [4.78, 5) is 8.14. The minimum Gasteiger partial charge on any atom is -0.495 e. The Morgan fingerprint density at radius 1 is 1.25 bits per heavy atom. The van der Waals surface area contributed by atoms with Gasteiger partial charge < -0.3 is 10.5 Å². The number of rotatable bonds is 2. The monoisotopic (exact) mass is 235 g/mol. The predicted molar refractivity (Wildman–Crippen MR) is 63.4 cm³/mol. The zero-order chi connectivity index (χ0) is 11.5. The second kappa shape index (κ2) is 4.37. The molecule has 2 N–H and O–H groups in total. The summed E-state index contributed by atoms with van der Waals surface area (Å²) in [7, 11) is 1.57. The number of methoxy groups -OCH3 is 1. The summed E-state index contributed by atoms with van der Waals surface area (Å²) >= 11 is 5.93. The first kappa shape index (κ1) is 10.7. The molecular formula is C11H10ClN3O. The summed E-state index contributed by atoms with van der Waals surface area (Å²) in [6.45, 7) is 0. The Bertz CT molecular complexity index is 499. The van der Waals surface area contributed by atoms with Crippen molar-refractivity contribution < 1.29 is 4.74 Å². The summed E-state index contributed by atoms with van der Waals surface area (Å²) in [5.74, 6) is 1.00. The summed E-state index contributed by atoms with van der Waals surface area (Å²) in [6, 6.07) is 5.42. The van der Waals surface area contributed by atoms with Crippen LogP contribution in [-0.2, 0) is 0 Å². The van der Waals surface area contributed by atoms with Crippen molar-refractivity contribution >= 4 is 17.4 Å². The van der Waals surface area contributed by atoms with Crippen LogP contribution < -0.4 is 10.5 Å². The number of halogens is 1. The van der Waals surface area contributed by atoms with Gasteiger partial charge in [-0.1, -0.05) is 17.7 Å². The summed E-state index contributed by atoms with van der Waals surface area (Å²) in [5, 5.41) is 0.564. The summed E-state index contributed by atoms with van der Waals surface area (Å²) in [6.07, 6.45) is 3.12. The van der Waals surface area contributed by atoms with Gasteiger partial charge in [0.2, 0.25) is 0 Å². The standard InChI is InChI=1S/C11H10ClN3O/c1-16-10-4-7(2-3-8(10)12)9-5-15-11(13)6-14-9/h2-6H,1H3,(H2,13,15). The molecule has 0 radical (unpaired) electrons. The Morgan fingerprint density at radius 2 is 2.06 bits per heavy atom. The van der Waals surface area contributed by atoms with Crippen LogP contribution in [-0.4, -0.2) is 17.1 Å². The number of ether oxygens (including phenoxy) is 1. The van der Waals surface area contributed by atoms with Gasteiger partial charge in [-0.05, 0) is 12.1 Å². The van der Waals surface area contributed by atoms with Crippen LogP contribution in [0, 0.1) is 0 Å². The molecule has 0 saturated carbocycles. The second-order valence-electron chi connectivity index (χ2n) is 3.18. The fourth-order valence-electron chi connectivity index (χ4n) is 1.31. The molecule has 1 aromatic heterocycles. The molecule has 0 bridgehead atoms. The smallest absolute Gasteiger partial charge is 0.141 e. The van der Waals surface area contributed by atoms with Crippen LogP contribution in [0.15, 0.2) is 30.6 Å².